The van der Waals surface area contributed by atoms with Gasteiger partial charge in [0.15, 0.2) is 6.29 Å². The normalized spacial score (nSPS) is 19.4. The zero-order valence-electron chi connectivity index (χ0n) is 19.4. The Morgan fingerprint density at radius 3 is 2.50 bits per heavy atom. The molecule has 0 bridgehead atoms. The van der Waals surface area contributed by atoms with Crippen LogP contribution in [0.25, 0.3) is 0 Å². The van der Waals surface area contributed by atoms with Crippen LogP contribution in [0.4, 0.5) is 0 Å². The van der Waals surface area contributed by atoms with E-state index in [0.29, 0.717) is 18.1 Å². The summed E-state index contributed by atoms with van der Waals surface area (Å²) in [5.41, 5.74) is 0.206. The second-order valence-corrected chi connectivity index (χ2v) is 9.25. The number of hydrogen-bond donors (Lipinski definition) is 3. The van der Waals surface area contributed by atoms with E-state index in [-0.39, 0.29) is 31.3 Å². The highest BCUT2D eigenvalue weighted by Gasteiger charge is 2.43. The molecular weight excluding hydrogens is 464 g/mol. The molecule has 1 aliphatic rings. The van der Waals surface area contributed by atoms with Crippen molar-refractivity contribution in [1.82, 2.24) is 10.6 Å². The third-order valence-corrected chi connectivity index (χ3v) is 5.71. The number of methoxy groups -OCH3 is 1. The fraction of sp³-hybridized carbons (Fsp3) is 0.478. The second kappa shape index (κ2) is 13.1. The van der Waals surface area contributed by atoms with Crippen LogP contribution in [0.1, 0.15) is 32.1 Å². The van der Waals surface area contributed by atoms with Crippen LogP contribution in [0.2, 0.25) is 0 Å². The molecule has 3 N–H and O–H groups in total. The van der Waals surface area contributed by atoms with E-state index < -0.39 is 28.9 Å². The molecule has 1 heterocycles. The Balaban J connectivity index is 1.75. The molecule has 10 nitrogen and oxygen atoms in total. The highest BCUT2D eigenvalue weighted by molar-refractivity contribution is 8.14. The summed E-state index contributed by atoms with van der Waals surface area (Å²) in [6.07, 6.45) is 0.332. The lowest BCUT2D eigenvalue weighted by molar-refractivity contribution is -0.258. The van der Waals surface area contributed by atoms with Crippen molar-refractivity contribution < 1.29 is 38.5 Å². The summed E-state index contributed by atoms with van der Waals surface area (Å²) in [5, 5.41) is 13.4. The maximum atomic E-state index is 12.8. The standard InChI is InChI=1S/C23H30N2O8S/c1-23(2)14-32-22(15-4-6-16(31-3)7-5-15)33-20(23)21(30)25-11-10-17(26)24-12-13-34-19(29)9-8-18(27)28/h4-9,20,22H,10-14H2,1-3H3,(H,24,26)(H,25,30)(H,27,28)/t20-,22?/m0/s1. The van der Waals surface area contributed by atoms with E-state index in [0.717, 1.165) is 29.5 Å². The van der Waals surface area contributed by atoms with Gasteiger partial charge in [-0.25, -0.2) is 4.79 Å². The first-order valence-electron chi connectivity index (χ1n) is 10.7. The summed E-state index contributed by atoms with van der Waals surface area (Å²) in [5.74, 6) is -0.802. The van der Waals surface area contributed by atoms with Crippen molar-refractivity contribution >= 4 is 34.7 Å². The van der Waals surface area contributed by atoms with E-state index in [1.807, 2.05) is 26.0 Å². The van der Waals surface area contributed by atoms with E-state index in [4.69, 9.17) is 19.3 Å². The van der Waals surface area contributed by atoms with Crippen LogP contribution >= 0.6 is 11.8 Å². The Labute approximate surface area is 202 Å². The number of benzene rings is 1. The summed E-state index contributed by atoms with van der Waals surface area (Å²) in [6.45, 7) is 4.43. The molecule has 1 unspecified atom stereocenters. The molecule has 11 heteroatoms. The minimum Gasteiger partial charge on any atom is -0.497 e. The Bertz CT molecular complexity index is 901. The number of carboxylic acid groups (broad SMARTS) is 1. The SMILES string of the molecule is COc1ccc(C2OCC(C)(C)[C@H](C(=O)NCCC(=O)NCCSC(=O)C=CC(=O)O)O2)cc1. The molecule has 186 valence electrons. The van der Waals surface area contributed by atoms with E-state index in [2.05, 4.69) is 10.6 Å². The Kier molecular flexibility index (Phi) is 10.6. The number of aliphatic carboxylic acids is 1. The van der Waals surface area contributed by atoms with Crippen LogP contribution in [-0.4, -0.2) is 66.7 Å². The number of thioether (sulfide) groups is 1. The number of nitrogens with one attached hydrogen (secondary N) is 2. The van der Waals surface area contributed by atoms with Gasteiger partial charge in [0.25, 0.3) is 0 Å². The molecule has 2 rings (SSSR count). The number of carboxylic acids is 1. The lowest BCUT2D eigenvalue weighted by Crippen LogP contribution is -2.52. The average Bonchev–Trinajstić information content (AvgIpc) is 2.80. The molecule has 0 aliphatic carbocycles. The Morgan fingerprint density at radius 2 is 1.85 bits per heavy atom. The van der Waals surface area contributed by atoms with Crippen molar-refractivity contribution in [1.29, 1.82) is 0 Å². The van der Waals surface area contributed by atoms with E-state index in [1.165, 1.54) is 0 Å². The molecule has 0 spiro atoms. The van der Waals surface area contributed by atoms with Gasteiger partial charge in [0, 0.05) is 42.3 Å². The van der Waals surface area contributed by atoms with Gasteiger partial charge in [-0.1, -0.05) is 37.7 Å². The zero-order chi connectivity index (χ0) is 25.1. The van der Waals surface area contributed by atoms with Gasteiger partial charge in [0.05, 0.1) is 13.7 Å². The highest BCUT2D eigenvalue weighted by atomic mass is 32.2. The Morgan fingerprint density at radius 1 is 1.15 bits per heavy atom. The third kappa shape index (κ3) is 8.81. The molecule has 1 aromatic carbocycles. The topological polar surface area (TPSA) is 140 Å². The van der Waals surface area contributed by atoms with Crippen LogP contribution in [-0.2, 0) is 28.7 Å². The molecule has 1 aliphatic heterocycles. The molecule has 1 saturated heterocycles. The van der Waals surface area contributed by atoms with Crippen molar-refractivity contribution in [3.8, 4) is 5.75 Å². The quantitative estimate of drug-likeness (QED) is 0.309. The molecule has 2 atom stereocenters. The van der Waals surface area contributed by atoms with Crippen LogP contribution < -0.4 is 15.4 Å². The molecular formula is C23H30N2O8S. The third-order valence-electron chi connectivity index (χ3n) is 4.88. The second-order valence-electron chi connectivity index (χ2n) is 8.15. The van der Waals surface area contributed by atoms with Crippen LogP contribution in [0.3, 0.4) is 0 Å². The van der Waals surface area contributed by atoms with Crippen molar-refractivity contribution in [2.45, 2.75) is 32.7 Å². The fourth-order valence-corrected chi connectivity index (χ4v) is 3.65. The summed E-state index contributed by atoms with van der Waals surface area (Å²) >= 11 is 0.899. The van der Waals surface area contributed by atoms with E-state index in [1.54, 1.807) is 19.2 Å². The summed E-state index contributed by atoms with van der Waals surface area (Å²) in [7, 11) is 1.58. The number of hydrogen-bond acceptors (Lipinski definition) is 8. The van der Waals surface area contributed by atoms with Gasteiger partial charge in [-0.2, -0.15) is 0 Å². The number of ether oxygens (including phenoxy) is 3. The smallest absolute Gasteiger partial charge is 0.328 e. The first kappa shape index (κ1) is 27.4. The number of amides is 2. The first-order chi connectivity index (χ1) is 16.1. The molecule has 0 saturated carbocycles. The predicted molar refractivity (Wildman–Crippen MR) is 125 cm³/mol. The molecule has 34 heavy (non-hydrogen) atoms. The Hall–Kier alpha value is -2.89. The van der Waals surface area contributed by atoms with Crippen LogP contribution in [0.15, 0.2) is 36.4 Å². The highest BCUT2D eigenvalue weighted by Crippen LogP contribution is 2.36. The van der Waals surface area contributed by atoms with Crippen molar-refractivity contribution in [2.75, 3.05) is 32.6 Å². The van der Waals surface area contributed by atoms with Gasteiger partial charge in [0.1, 0.15) is 11.9 Å². The van der Waals surface area contributed by atoms with Crippen molar-refractivity contribution in [3.05, 3.63) is 42.0 Å². The number of carbonyl (C=O) groups excluding carboxylic acids is 3. The van der Waals surface area contributed by atoms with Gasteiger partial charge < -0.3 is 30.0 Å². The molecule has 1 fully saturated rings. The monoisotopic (exact) mass is 494 g/mol. The predicted octanol–water partition coefficient (Wildman–Crippen LogP) is 1.66. The average molecular weight is 495 g/mol. The maximum absolute atomic E-state index is 12.8. The first-order valence-corrected chi connectivity index (χ1v) is 11.6. The maximum Gasteiger partial charge on any atom is 0.328 e. The lowest BCUT2D eigenvalue weighted by Gasteiger charge is -2.41. The van der Waals surface area contributed by atoms with Gasteiger partial charge >= 0.3 is 5.97 Å². The van der Waals surface area contributed by atoms with E-state index >= 15 is 0 Å². The minimum absolute atomic E-state index is 0.0643. The van der Waals surface area contributed by atoms with Crippen molar-refractivity contribution in [3.63, 3.8) is 0 Å². The van der Waals surface area contributed by atoms with Gasteiger partial charge in [0.2, 0.25) is 16.9 Å². The molecule has 0 aromatic heterocycles. The fourth-order valence-electron chi connectivity index (χ4n) is 3.08. The summed E-state index contributed by atoms with van der Waals surface area (Å²) < 4.78 is 16.9. The molecule has 1 aromatic rings. The number of rotatable bonds is 11. The van der Waals surface area contributed by atoms with Crippen LogP contribution in [0.5, 0.6) is 5.75 Å². The van der Waals surface area contributed by atoms with E-state index in [9.17, 15) is 19.2 Å². The van der Waals surface area contributed by atoms with Crippen LogP contribution in [0, 0.1) is 5.41 Å². The largest absolute Gasteiger partial charge is 0.497 e. The lowest BCUT2D eigenvalue weighted by atomic mass is 9.85. The zero-order valence-corrected chi connectivity index (χ0v) is 20.2. The number of carbonyl (C=O) groups is 4. The van der Waals surface area contributed by atoms with Crippen molar-refractivity contribution in [2.24, 2.45) is 5.41 Å². The van der Waals surface area contributed by atoms with Gasteiger partial charge in [-0.3, -0.25) is 14.4 Å². The minimum atomic E-state index is -1.20. The summed E-state index contributed by atoms with van der Waals surface area (Å²) in [4.78, 5) is 46.5. The summed E-state index contributed by atoms with van der Waals surface area (Å²) in [6, 6.07) is 7.21. The van der Waals surface area contributed by atoms with Gasteiger partial charge in [-0.05, 0) is 18.2 Å². The molecule has 0 radical (unpaired) electrons. The van der Waals surface area contributed by atoms with Gasteiger partial charge in [-0.15, -0.1) is 0 Å². The molecule has 2 amide bonds.